The van der Waals surface area contributed by atoms with E-state index < -0.39 is 0 Å². The summed E-state index contributed by atoms with van der Waals surface area (Å²) in [6.45, 7) is 0. The lowest BCUT2D eigenvalue weighted by molar-refractivity contribution is 0.0954. The molecule has 24 heavy (non-hydrogen) atoms. The van der Waals surface area contributed by atoms with Gasteiger partial charge < -0.3 is 9.67 Å². The largest absolute Gasteiger partial charge is 0.507 e. The van der Waals surface area contributed by atoms with Crippen molar-refractivity contribution < 1.29 is 9.90 Å². The van der Waals surface area contributed by atoms with Gasteiger partial charge in [0.25, 0.3) is 5.91 Å². The van der Waals surface area contributed by atoms with Gasteiger partial charge in [0.1, 0.15) is 5.75 Å². The molecule has 0 saturated carbocycles. The lowest BCUT2D eigenvalue weighted by atomic mass is 10.2. The number of hydrazone groups is 1. The van der Waals surface area contributed by atoms with E-state index in [1.54, 1.807) is 18.3 Å². The molecule has 5 nitrogen and oxygen atoms in total. The van der Waals surface area contributed by atoms with E-state index >= 15 is 0 Å². The fraction of sp³-hybridized carbons (Fsp3) is 0. The Morgan fingerprint density at radius 3 is 2.67 bits per heavy atom. The van der Waals surface area contributed by atoms with Crippen molar-refractivity contribution in [2.75, 3.05) is 0 Å². The SMILES string of the molecule is O=C(N/N=C\c1cccn1-c1ccccc1)c1ccc(I)c(O)c1. The number of rotatable bonds is 4. The molecule has 6 heteroatoms. The van der Waals surface area contributed by atoms with Crippen molar-refractivity contribution in [3.8, 4) is 11.4 Å². The number of phenols is 1. The highest BCUT2D eigenvalue weighted by molar-refractivity contribution is 14.1. The molecule has 1 heterocycles. The van der Waals surface area contributed by atoms with Gasteiger partial charge in [-0.3, -0.25) is 4.79 Å². The van der Waals surface area contributed by atoms with Crippen molar-refractivity contribution in [3.63, 3.8) is 0 Å². The summed E-state index contributed by atoms with van der Waals surface area (Å²) in [7, 11) is 0. The number of amides is 1. The van der Waals surface area contributed by atoms with E-state index in [4.69, 9.17) is 0 Å². The van der Waals surface area contributed by atoms with E-state index in [0.717, 1.165) is 11.4 Å². The highest BCUT2D eigenvalue weighted by atomic mass is 127. The lowest BCUT2D eigenvalue weighted by Gasteiger charge is -2.05. The number of benzene rings is 2. The normalized spacial score (nSPS) is 10.9. The molecule has 2 N–H and O–H groups in total. The van der Waals surface area contributed by atoms with Crippen molar-refractivity contribution >= 4 is 34.7 Å². The Balaban J connectivity index is 1.72. The predicted molar refractivity (Wildman–Crippen MR) is 102 cm³/mol. The quantitative estimate of drug-likeness (QED) is 0.377. The topological polar surface area (TPSA) is 66.6 Å². The Kier molecular flexibility index (Phi) is 4.95. The molecule has 0 aliphatic rings. The van der Waals surface area contributed by atoms with E-state index in [-0.39, 0.29) is 11.7 Å². The molecule has 0 spiro atoms. The summed E-state index contributed by atoms with van der Waals surface area (Å²) >= 11 is 2.00. The Morgan fingerprint density at radius 1 is 1.12 bits per heavy atom. The van der Waals surface area contributed by atoms with Gasteiger partial charge in [0, 0.05) is 17.4 Å². The molecule has 0 saturated heterocycles. The molecule has 2 aromatic carbocycles. The maximum atomic E-state index is 12.0. The first-order chi connectivity index (χ1) is 11.6. The van der Waals surface area contributed by atoms with Crippen LogP contribution in [-0.4, -0.2) is 21.8 Å². The maximum absolute atomic E-state index is 12.0. The van der Waals surface area contributed by atoms with Crippen LogP contribution < -0.4 is 5.43 Å². The van der Waals surface area contributed by atoms with Crippen LogP contribution in [0.2, 0.25) is 0 Å². The Morgan fingerprint density at radius 2 is 1.92 bits per heavy atom. The van der Waals surface area contributed by atoms with Crippen molar-refractivity contribution in [3.05, 3.63) is 81.7 Å². The fourth-order valence-electron chi connectivity index (χ4n) is 2.20. The van der Waals surface area contributed by atoms with Gasteiger partial charge >= 0.3 is 0 Å². The summed E-state index contributed by atoms with van der Waals surface area (Å²) in [6.07, 6.45) is 3.51. The minimum atomic E-state index is -0.379. The maximum Gasteiger partial charge on any atom is 0.271 e. The van der Waals surface area contributed by atoms with Crippen molar-refractivity contribution in [2.45, 2.75) is 0 Å². The second kappa shape index (κ2) is 7.31. The summed E-state index contributed by atoms with van der Waals surface area (Å²) in [6, 6.07) is 18.4. The van der Waals surface area contributed by atoms with E-state index in [0.29, 0.717) is 9.13 Å². The standard InChI is InChI=1S/C18H14IN3O2/c19-16-9-8-13(11-17(16)23)18(24)21-20-12-15-7-4-10-22(15)14-5-2-1-3-6-14/h1-12,23H,(H,21,24)/b20-12-. The molecule has 1 amide bonds. The summed E-state index contributed by atoms with van der Waals surface area (Å²) in [5.74, 6) is -0.305. The minimum Gasteiger partial charge on any atom is -0.507 e. The molecule has 0 aliphatic carbocycles. The van der Waals surface area contributed by atoms with Crippen LogP contribution in [0.25, 0.3) is 5.69 Å². The van der Waals surface area contributed by atoms with E-state index in [9.17, 15) is 9.90 Å². The molecule has 120 valence electrons. The van der Waals surface area contributed by atoms with Gasteiger partial charge in [0.15, 0.2) is 0 Å². The molecule has 0 aliphatic heterocycles. The molecular formula is C18H14IN3O2. The molecule has 0 atom stereocenters. The molecule has 1 aromatic heterocycles. The Bertz CT molecular complexity index is 888. The van der Waals surface area contributed by atoms with Crippen LogP contribution in [0.15, 0.2) is 72.0 Å². The molecular weight excluding hydrogens is 417 g/mol. The zero-order valence-corrected chi connectivity index (χ0v) is 14.7. The van der Waals surface area contributed by atoms with Crippen LogP contribution in [-0.2, 0) is 0 Å². The van der Waals surface area contributed by atoms with Crippen LogP contribution in [0, 0.1) is 3.57 Å². The number of aromatic hydroxyl groups is 1. The Hall–Kier alpha value is -2.61. The molecule has 0 radical (unpaired) electrons. The summed E-state index contributed by atoms with van der Waals surface area (Å²) in [4.78, 5) is 12.0. The third kappa shape index (κ3) is 3.65. The highest BCUT2D eigenvalue weighted by Gasteiger charge is 2.07. The van der Waals surface area contributed by atoms with E-state index in [1.807, 2.05) is 75.8 Å². The van der Waals surface area contributed by atoms with Crippen LogP contribution in [0.5, 0.6) is 5.75 Å². The summed E-state index contributed by atoms with van der Waals surface area (Å²) in [5.41, 5.74) is 4.67. The predicted octanol–water partition coefficient (Wildman–Crippen LogP) is 3.55. The minimum absolute atomic E-state index is 0.0742. The number of hydrogen-bond donors (Lipinski definition) is 2. The molecule has 3 rings (SSSR count). The fourth-order valence-corrected chi connectivity index (χ4v) is 2.53. The number of carbonyl (C=O) groups excluding carboxylic acids is 1. The van der Waals surface area contributed by atoms with Gasteiger partial charge in [-0.2, -0.15) is 5.10 Å². The van der Waals surface area contributed by atoms with E-state index in [2.05, 4.69) is 10.5 Å². The molecule has 0 unspecified atom stereocenters. The summed E-state index contributed by atoms with van der Waals surface area (Å²) < 4.78 is 2.65. The van der Waals surface area contributed by atoms with Gasteiger partial charge in [-0.25, -0.2) is 5.43 Å². The molecule has 0 bridgehead atoms. The second-order valence-electron chi connectivity index (χ2n) is 5.00. The van der Waals surface area contributed by atoms with Gasteiger partial charge in [-0.1, -0.05) is 18.2 Å². The van der Waals surface area contributed by atoms with Crippen LogP contribution >= 0.6 is 22.6 Å². The number of hydrogen-bond acceptors (Lipinski definition) is 3. The summed E-state index contributed by atoms with van der Waals surface area (Å²) in [5, 5.41) is 13.7. The number of aromatic nitrogens is 1. The number of para-hydroxylation sites is 1. The van der Waals surface area contributed by atoms with Crippen LogP contribution in [0.3, 0.4) is 0 Å². The van der Waals surface area contributed by atoms with Crippen molar-refractivity contribution in [1.29, 1.82) is 0 Å². The van der Waals surface area contributed by atoms with Gasteiger partial charge in [-0.05, 0) is 65.1 Å². The van der Waals surface area contributed by atoms with Crippen molar-refractivity contribution in [2.24, 2.45) is 5.10 Å². The number of phenolic OH excluding ortho intramolecular Hbond substituents is 1. The number of halogens is 1. The van der Waals surface area contributed by atoms with E-state index in [1.165, 1.54) is 6.07 Å². The number of carbonyl (C=O) groups is 1. The first-order valence-corrected chi connectivity index (χ1v) is 8.28. The lowest BCUT2D eigenvalue weighted by Crippen LogP contribution is -2.17. The Labute approximate surface area is 152 Å². The highest BCUT2D eigenvalue weighted by Crippen LogP contribution is 2.20. The molecule has 3 aromatic rings. The van der Waals surface area contributed by atoms with Crippen LogP contribution in [0.1, 0.15) is 16.1 Å². The molecule has 0 fully saturated rings. The van der Waals surface area contributed by atoms with Gasteiger partial charge in [-0.15, -0.1) is 0 Å². The number of nitrogens with zero attached hydrogens (tertiary/aromatic N) is 2. The first kappa shape index (κ1) is 16.3. The average Bonchev–Trinajstić information content (AvgIpc) is 3.06. The third-order valence-corrected chi connectivity index (χ3v) is 4.30. The zero-order valence-electron chi connectivity index (χ0n) is 12.6. The van der Waals surface area contributed by atoms with Gasteiger partial charge in [0.05, 0.1) is 15.5 Å². The van der Waals surface area contributed by atoms with Crippen molar-refractivity contribution in [1.82, 2.24) is 9.99 Å². The average molecular weight is 431 g/mol. The monoisotopic (exact) mass is 431 g/mol. The smallest absolute Gasteiger partial charge is 0.271 e. The number of nitrogens with one attached hydrogen (secondary N) is 1. The first-order valence-electron chi connectivity index (χ1n) is 7.20. The van der Waals surface area contributed by atoms with Gasteiger partial charge in [0.2, 0.25) is 0 Å². The zero-order chi connectivity index (χ0) is 16.9. The third-order valence-electron chi connectivity index (χ3n) is 3.39. The second-order valence-corrected chi connectivity index (χ2v) is 6.17. The van der Waals surface area contributed by atoms with Crippen LogP contribution in [0.4, 0.5) is 0 Å².